The van der Waals surface area contributed by atoms with E-state index >= 15 is 0 Å². The summed E-state index contributed by atoms with van der Waals surface area (Å²) in [4.78, 5) is 8.32. The van der Waals surface area contributed by atoms with E-state index in [1.54, 1.807) is 0 Å². The average Bonchev–Trinajstić information content (AvgIpc) is 2.15. The van der Waals surface area contributed by atoms with Crippen molar-refractivity contribution in [1.29, 1.82) is 0 Å². The summed E-state index contributed by atoms with van der Waals surface area (Å²) in [7, 11) is -2.64. The standard InChI is InChI=1S/C8H7F2O3P/c9-8(10)7-3-1-6(2-4-7)5-13-14(11)12/h1-4,8H,5H2/p+1. The van der Waals surface area contributed by atoms with E-state index < -0.39 is 14.7 Å². The van der Waals surface area contributed by atoms with Crippen LogP contribution in [0.5, 0.6) is 0 Å². The summed E-state index contributed by atoms with van der Waals surface area (Å²) in [6, 6.07) is 5.38. The molecular weight excluding hydrogens is 213 g/mol. The van der Waals surface area contributed by atoms with Crippen molar-refractivity contribution in [3.05, 3.63) is 35.4 Å². The van der Waals surface area contributed by atoms with Gasteiger partial charge in [-0.3, -0.25) is 0 Å². The lowest BCUT2D eigenvalue weighted by atomic mass is 10.1. The minimum atomic E-state index is -2.64. The fraction of sp³-hybridized carbons (Fsp3) is 0.250. The smallest absolute Gasteiger partial charge is 0.205 e. The van der Waals surface area contributed by atoms with E-state index in [9.17, 15) is 13.3 Å². The molecule has 0 saturated carbocycles. The van der Waals surface area contributed by atoms with Gasteiger partial charge in [-0.15, -0.1) is 9.42 Å². The van der Waals surface area contributed by atoms with E-state index in [-0.39, 0.29) is 12.2 Å². The zero-order valence-electron chi connectivity index (χ0n) is 7.06. The number of hydrogen-bond donors (Lipinski definition) is 1. The van der Waals surface area contributed by atoms with Gasteiger partial charge in [-0.1, -0.05) is 24.3 Å². The molecule has 0 saturated heterocycles. The molecule has 1 unspecified atom stereocenters. The van der Waals surface area contributed by atoms with Crippen LogP contribution in [-0.2, 0) is 15.7 Å². The number of benzene rings is 1. The van der Waals surface area contributed by atoms with Crippen molar-refractivity contribution in [3.63, 3.8) is 0 Å². The van der Waals surface area contributed by atoms with Gasteiger partial charge in [-0.2, -0.15) is 0 Å². The predicted octanol–water partition coefficient (Wildman–Crippen LogP) is 2.79. The lowest BCUT2D eigenvalue weighted by Gasteiger charge is -1.99. The molecule has 1 N–H and O–H groups in total. The van der Waals surface area contributed by atoms with Crippen LogP contribution in [0.15, 0.2) is 24.3 Å². The van der Waals surface area contributed by atoms with Gasteiger partial charge < -0.3 is 0 Å². The molecule has 14 heavy (non-hydrogen) atoms. The van der Waals surface area contributed by atoms with Crippen LogP contribution in [0.4, 0.5) is 8.78 Å². The van der Waals surface area contributed by atoms with Gasteiger partial charge in [0.15, 0.2) is 0 Å². The van der Waals surface area contributed by atoms with Crippen molar-refractivity contribution in [1.82, 2.24) is 0 Å². The van der Waals surface area contributed by atoms with Crippen LogP contribution in [0.2, 0.25) is 0 Å². The summed E-state index contributed by atoms with van der Waals surface area (Å²) in [6.45, 7) is -0.0603. The zero-order valence-corrected chi connectivity index (χ0v) is 7.96. The monoisotopic (exact) mass is 221 g/mol. The number of alkyl halides is 2. The number of rotatable bonds is 4. The molecule has 0 spiro atoms. The van der Waals surface area contributed by atoms with E-state index in [1.165, 1.54) is 24.3 Å². The second kappa shape index (κ2) is 5.10. The molecule has 1 aromatic carbocycles. The molecule has 0 aliphatic heterocycles. The molecule has 1 rings (SSSR count). The molecule has 0 fully saturated rings. The Labute approximate surface area is 80.3 Å². The summed E-state index contributed by atoms with van der Waals surface area (Å²) < 4.78 is 38.7. The maximum Gasteiger partial charge on any atom is 0.695 e. The second-order valence-corrected chi connectivity index (χ2v) is 3.29. The molecule has 3 nitrogen and oxygen atoms in total. The molecule has 6 heteroatoms. The summed E-state index contributed by atoms with van der Waals surface area (Å²) in [6.07, 6.45) is -2.50. The molecular formula is C8H8F2O3P+. The molecule has 0 radical (unpaired) electrons. The van der Waals surface area contributed by atoms with E-state index in [1.807, 2.05) is 0 Å². The Morgan fingerprint density at radius 2 is 1.93 bits per heavy atom. The van der Waals surface area contributed by atoms with Crippen molar-refractivity contribution in [2.75, 3.05) is 0 Å². The summed E-state index contributed by atoms with van der Waals surface area (Å²) in [5, 5.41) is 0. The summed E-state index contributed by atoms with van der Waals surface area (Å²) in [5.74, 6) is 0. The van der Waals surface area contributed by atoms with Crippen molar-refractivity contribution in [3.8, 4) is 0 Å². The lowest BCUT2D eigenvalue weighted by molar-refractivity contribution is 0.151. The Balaban J connectivity index is 2.59. The number of halogens is 2. The molecule has 76 valence electrons. The van der Waals surface area contributed by atoms with E-state index in [2.05, 4.69) is 4.52 Å². The maximum atomic E-state index is 12.1. The van der Waals surface area contributed by atoms with E-state index in [4.69, 9.17) is 4.89 Å². The molecule has 0 bridgehead atoms. The van der Waals surface area contributed by atoms with Crippen molar-refractivity contribution in [2.24, 2.45) is 0 Å². The van der Waals surface area contributed by atoms with Gasteiger partial charge in [0.05, 0.1) is 0 Å². The molecule has 0 aromatic heterocycles. The maximum absolute atomic E-state index is 12.1. The van der Waals surface area contributed by atoms with E-state index in [0.717, 1.165) is 0 Å². The Bertz CT molecular complexity index is 313. The Morgan fingerprint density at radius 1 is 1.36 bits per heavy atom. The Hall–Kier alpha value is -0.900. The van der Waals surface area contributed by atoms with Crippen LogP contribution < -0.4 is 0 Å². The quantitative estimate of drug-likeness (QED) is 0.795. The molecule has 1 aromatic rings. The van der Waals surface area contributed by atoms with Gasteiger partial charge in [-0.25, -0.2) is 8.78 Å². The highest BCUT2D eigenvalue weighted by Crippen LogP contribution is 2.21. The van der Waals surface area contributed by atoms with Crippen LogP contribution in [0.3, 0.4) is 0 Å². The average molecular weight is 221 g/mol. The highest BCUT2D eigenvalue weighted by molar-refractivity contribution is 7.32. The predicted molar refractivity (Wildman–Crippen MR) is 46.0 cm³/mol. The van der Waals surface area contributed by atoms with Gasteiger partial charge >= 0.3 is 8.25 Å². The van der Waals surface area contributed by atoms with Crippen LogP contribution >= 0.6 is 8.25 Å². The summed E-state index contributed by atoms with van der Waals surface area (Å²) in [5.41, 5.74) is 0.494. The Morgan fingerprint density at radius 3 is 2.36 bits per heavy atom. The zero-order chi connectivity index (χ0) is 10.6. The second-order valence-electron chi connectivity index (χ2n) is 2.55. The van der Waals surface area contributed by atoms with Crippen LogP contribution in [0.1, 0.15) is 17.6 Å². The van der Waals surface area contributed by atoms with Gasteiger partial charge in [0, 0.05) is 10.1 Å². The first-order valence-corrected chi connectivity index (χ1v) is 4.88. The van der Waals surface area contributed by atoms with Gasteiger partial charge in [0.2, 0.25) is 0 Å². The normalized spacial score (nSPS) is 11.9. The summed E-state index contributed by atoms with van der Waals surface area (Å²) >= 11 is 0. The highest BCUT2D eigenvalue weighted by Gasteiger charge is 2.12. The van der Waals surface area contributed by atoms with Crippen LogP contribution in [-0.4, -0.2) is 4.89 Å². The van der Waals surface area contributed by atoms with Crippen LogP contribution in [0, 0.1) is 0 Å². The number of hydrogen-bond acceptors (Lipinski definition) is 2. The minimum absolute atomic E-state index is 0.0603. The lowest BCUT2D eigenvalue weighted by Crippen LogP contribution is -1.88. The van der Waals surface area contributed by atoms with Gasteiger partial charge in [0.25, 0.3) is 6.43 Å². The van der Waals surface area contributed by atoms with Crippen molar-refractivity contribution >= 4 is 8.25 Å². The minimum Gasteiger partial charge on any atom is -0.205 e. The van der Waals surface area contributed by atoms with E-state index in [0.29, 0.717) is 5.56 Å². The highest BCUT2D eigenvalue weighted by atomic mass is 31.1. The first-order chi connectivity index (χ1) is 6.59. The Kier molecular flexibility index (Phi) is 4.07. The largest absolute Gasteiger partial charge is 0.695 e. The third-order valence-electron chi connectivity index (χ3n) is 1.57. The molecule has 0 amide bonds. The molecule has 0 aliphatic rings. The third kappa shape index (κ3) is 3.46. The fourth-order valence-electron chi connectivity index (χ4n) is 0.889. The molecule has 0 aliphatic carbocycles. The molecule has 0 heterocycles. The SMILES string of the molecule is O=[P+](O)OCc1ccc(C(F)F)cc1. The fourth-order valence-corrected chi connectivity index (χ4v) is 1.15. The third-order valence-corrected chi connectivity index (χ3v) is 1.92. The topological polar surface area (TPSA) is 46.5 Å². The molecule has 1 atom stereocenters. The first-order valence-electron chi connectivity index (χ1n) is 3.75. The first kappa shape index (κ1) is 11.2. The van der Waals surface area contributed by atoms with Gasteiger partial charge in [-0.05, 0) is 5.56 Å². The van der Waals surface area contributed by atoms with Gasteiger partial charge in [0.1, 0.15) is 6.61 Å². The van der Waals surface area contributed by atoms with Crippen molar-refractivity contribution < 1.29 is 22.8 Å². The van der Waals surface area contributed by atoms with Crippen LogP contribution in [0.25, 0.3) is 0 Å². The van der Waals surface area contributed by atoms with Crippen molar-refractivity contribution in [2.45, 2.75) is 13.0 Å².